The van der Waals surface area contributed by atoms with Crippen LogP contribution in [0.3, 0.4) is 0 Å². The van der Waals surface area contributed by atoms with E-state index in [2.05, 4.69) is 10.6 Å². The third-order valence-electron chi connectivity index (χ3n) is 7.04. The predicted octanol–water partition coefficient (Wildman–Crippen LogP) is 3.43. The zero-order valence-electron chi connectivity index (χ0n) is 22.3. The lowest BCUT2D eigenvalue weighted by Gasteiger charge is -2.38. The number of likely N-dealkylation sites (N-methyl/N-ethyl adjacent to an activating group) is 1. The summed E-state index contributed by atoms with van der Waals surface area (Å²) in [5.74, 6) is 0.375. The number of fused-ring (bicyclic) bond motifs is 1. The minimum atomic E-state index is -0.499. The van der Waals surface area contributed by atoms with Gasteiger partial charge in [-0.25, -0.2) is 4.79 Å². The summed E-state index contributed by atoms with van der Waals surface area (Å²) in [6.45, 7) is 4.09. The van der Waals surface area contributed by atoms with Crippen LogP contribution in [-0.4, -0.2) is 78.8 Å². The van der Waals surface area contributed by atoms with Crippen molar-refractivity contribution in [2.75, 3.05) is 44.5 Å². The first kappa shape index (κ1) is 27.3. The van der Waals surface area contributed by atoms with Crippen molar-refractivity contribution in [3.05, 3.63) is 48.0 Å². The normalized spacial score (nSPS) is 19.8. The van der Waals surface area contributed by atoms with Gasteiger partial charge in [0.25, 0.3) is 5.91 Å². The Morgan fingerprint density at radius 2 is 1.89 bits per heavy atom. The van der Waals surface area contributed by atoms with Crippen LogP contribution >= 0.6 is 0 Å². The fraction of sp³-hybridized carbons (Fsp3) is 0.464. The van der Waals surface area contributed by atoms with Crippen molar-refractivity contribution < 1.29 is 29.0 Å². The lowest BCUT2D eigenvalue weighted by atomic mass is 9.99. The summed E-state index contributed by atoms with van der Waals surface area (Å²) in [5, 5.41) is 15.6. The number of hydrogen-bond donors (Lipinski definition) is 3. The van der Waals surface area contributed by atoms with Crippen molar-refractivity contribution >= 4 is 29.2 Å². The van der Waals surface area contributed by atoms with E-state index in [0.29, 0.717) is 29.2 Å². The Morgan fingerprint density at radius 3 is 2.53 bits per heavy atom. The molecule has 0 radical (unpaired) electrons. The summed E-state index contributed by atoms with van der Waals surface area (Å²) < 4.78 is 11.6. The number of urea groups is 1. The number of para-hydroxylation sites is 1. The van der Waals surface area contributed by atoms with Crippen molar-refractivity contribution in [1.29, 1.82) is 0 Å². The molecular weight excluding hydrogens is 488 g/mol. The smallest absolute Gasteiger partial charge is 0.321 e. The molecule has 10 heteroatoms. The molecule has 0 bridgehead atoms. The number of methoxy groups -OCH3 is 1. The SMILES string of the molecule is COc1ccc(NC(=O)N(C)C[C@@H]2Oc3c(NC(=O)C4CC4)cccc3C(=O)N([C@H](C)CO)C[C@@H]2C)cc1. The first-order valence-corrected chi connectivity index (χ1v) is 12.9. The van der Waals surface area contributed by atoms with E-state index in [4.69, 9.17) is 9.47 Å². The van der Waals surface area contributed by atoms with Gasteiger partial charge in [-0.3, -0.25) is 9.59 Å². The van der Waals surface area contributed by atoms with Crippen LogP contribution in [0.25, 0.3) is 0 Å². The number of amides is 4. The van der Waals surface area contributed by atoms with Gasteiger partial charge >= 0.3 is 6.03 Å². The molecule has 2 aromatic rings. The van der Waals surface area contributed by atoms with E-state index < -0.39 is 12.1 Å². The van der Waals surface area contributed by atoms with E-state index in [0.717, 1.165) is 12.8 Å². The fourth-order valence-corrected chi connectivity index (χ4v) is 4.39. The highest BCUT2D eigenvalue weighted by Gasteiger charge is 2.36. The van der Waals surface area contributed by atoms with E-state index in [1.54, 1.807) is 68.4 Å². The second-order valence-corrected chi connectivity index (χ2v) is 10.1. The first-order chi connectivity index (χ1) is 18.2. The number of nitrogens with one attached hydrogen (secondary N) is 2. The average molecular weight is 525 g/mol. The lowest BCUT2D eigenvalue weighted by Crippen LogP contribution is -2.50. The molecule has 0 unspecified atom stereocenters. The topological polar surface area (TPSA) is 120 Å². The van der Waals surface area contributed by atoms with E-state index in [1.165, 1.54) is 4.90 Å². The van der Waals surface area contributed by atoms with Crippen LogP contribution in [0.15, 0.2) is 42.5 Å². The van der Waals surface area contributed by atoms with Crippen molar-refractivity contribution in [3.63, 3.8) is 0 Å². The molecule has 1 aliphatic heterocycles. The third-order valence-corrected chi connectivity index (χ3v) is 7.04. The molecule has 2 aliphatic rings. The predicted molar refractivity (Wildman–Crippen MR) is 144 cm³/mol. The largest absolute Gasteiger partial charge is 0.497 e. The highest BCUT2D eigenvalue weighted by atomic mass is 16.5. The Morgan fingerprint density at radius 1 is 1.18 bits per heavy atom. The number of aliphatic hydroxyl groups is 1. The molecule has 0 saturated heterocycles. The van der Waals surface area contributed by atoms with Gasteiger partial charge in [-0.15, -0.1) is 0 Å². The first-order valence-electron chi connectivity index (χ1n) is 12.9. The number of nitrogens with zero attached hydrogens (tertiary/aromatic N) is 2. The van der Waals surface area contributed by atoms with Crippen LogP contribution in [0.2, 0.25) is 0 Å². The van der Waals surface area contributed by atoms with Gasteiger partial charge in [0.05, 0.1) is 37.6 Å². The lowest BCUT2D eigenvalue weighted by molar-refractivity contribution is -0.117. The molecule has 3 atom stereocenters. The summed E-state index contributed by atoms with van der Waals surface area (Å²) >= 11 is 0. The number of rotatable bonds is 8. The Hall–Kier alpha value is -3.79. The second-order valence-electron chi connectivity index (χ2n) is 10.1. The summed E-state index contributed by atoms with van der Waals surface area (Å²) in [6, 6.07) is 11.4. The van der Waals surface area contributed by atoms with Gasteiger partial charge in [-0.1, -0.05) is 13.0 Å². The van der Waals surface area contributed by atoms with Crippen LogP contribution < -0.4 is 20.1 Å². The van der Waals surface area contributed by atoms with Gasteiger partial charge < -0.3 is 35.0 Å². The molecular formula is C28H36N4O6. The van der Waals surface area contributed by atoms with Crippen LogP contribution in [-0.2, 0) is 4.79 Å². The van der Waals surface area contributed by atoms with Crippen molar-refractivity contribution in [2.45, 2.75) is 38.8 Å². The van der Waals surface area contributed by atoms with E-state index in [1.807, 2.05) is 6.92 Å². The molecule has 1 saturated carbocycles. The summed E-state index contributed by atoms with van der Waals surface area (Å²) in [5.41, 5.74) is 1.35. The molecule has 2 aromatic carbocycles. The van der Waals surface area contributed by atoms with Crippen LogP contribution in [0.4, 0.5) is 16.2 Å². The van der Waals surface area contributed by atoms with E-state index in [9.17, 15) is 19.5 Å². The minimum absolute atomic E-state index is 0.0245. The van der Waals surface area contributed by atoms with Crippen molar-refractivity contribution in [2.24, 2.45) is 11.8 Å². The molecule has 204 valence electrons. The van der Waals surface area contributed by atoms with Crippen molar-refractivity contribution in [1.82, 2.24) is 9.80 Å². The number of aliphatic hydroxyl groups excluding tert-OH is 1. The number of hydrogen-bond acceptors (Lipinski definition) is 6. The van der Waals surface area contributed by atoms with Gasteiger partial charge in [-0.2, -0.15) is 0 Å². The Labute approximate surface area is 222 Å². The van der Waals surface area contributed by atoms with E-state index >= 15 is 0 Å². The maximum absolute atomic E-state index is 13.5. The molecule has 1 aliphatic carbocycles. The number of ether oxygens (including phenoxy) is 2. The number of carbonyl (C=O) groups is 3. The molecule has 3 N–H and O–H groups in total. The average Bonchev–Trinajstić information content (AvgIpc) is 3.76. The number of anilines is 2. The molecule has 4 amide bonds. The standard InChI is InChI=1S/C28H36N4O6/c1-17-14-32(18(2)16-33)27(35)22-6-5-7-23(30-26(34)19-8-9-19)25(22)38-24(17)15-31(3)28(36)29-20-10-12-21(37-4)13-11-20/h5-7,10-13,17-19,24,33H,8-9,14-16H2,1-4H3,(H,29,36)(H,30,34)/t17-,18+,24-/m0/s1. The van der Waals surface area contributed by atoms with Gasteiger partial charge in [0.1, 0.15) is 11.9 Å². The summed E-state index contributed by atoms with van der Waals surface area (Å²) in [4.78, 5) is 42.3. The maximum atomic E-state index is 13.5. The Balaban J connectivity index is 1.59. The molecule has 0 spiro atoms. The molecule has 1 heterocycles. The van der Waals surface area contributed by atoms with Gasteiger partial charge in [0.15, 0.2) is 5.75 Å². The van der Waals surface area contributed by atoms with Crippen molar-refractivity contribution in [3.8, 4) is 11.5 Å². The zero-order valence-corrected chi connectivity index (χ0v) is 22.3. The zero-order chi connectivity index (χ0) is 27.4. The van der Waals surface area contributed by atoms with Gasteiger partial charge in [-0.05, 0) is 56.2 Å². The molecule has 0 aromatic heterocycles. The Kier molecular flexibility index (Phi) is 8.41. The highest BCUT2D eigenvalue weighted by molar-refractivity contribution is 6.02. The maximum Gasteiger partial charge on any atom is 0.321 e. The summed E-state index contributed by atoms with van der Waals surface area (Å²) in [7, 11) is 3.25. The van der Waals surface area contributed by atoms with Crippen LogP contribution in [0, 0.1) is 11.8 Å². The van der Waals surface area contributed by atoms with Gasteiger partial charge in [0, 0.05) is 31.1 Å². The molecule has 1 fully saturated rings. The second kappa shape index (κ2) is 11.7. The van der Waals surface area contributed by atoms with Crippen LogP contribution in [0.1, 0.15) is 37.0 Å². The van der Waals surface area contributed by atoms with Crippen LogP contribution in [0.5, 0.6) is 11.5 Å². The number of benzene rings is 2. The Bertz CT molecular complexity index is 1170. The van der Waals surface area contributed by atoms with E-state index in [-0.39, 0.29) is 48.6 Å². The summed E-state index contributed by atoms with van der Waals surface area (Å²) in [6.07, 6.45) is 1.19. The van der Waals surface area contributed by atoms with Gasteiger partial charge in [0.2, 0.25) is 5.91 Å². The molecule has 38 heavy (non-hydrogen) atoms. The number of carbonyl (C=O) groups excluding carboxylic acids is 3. The molecule has 4 rings (SSSR count). The fourth-order valence-electron chi connectivity index (χ4n) is 4.39. The minimum Gasteiger partial charge on any atom is -0.497 e. The third kappa shape index (κ3) is 6.19. The highest BCUT2D eigenvalue weighted by Crippen LogP contribution is 2.37. The molecule has 10 nitrogen and oxygen atoms in total. The monoisotopic (exact) mass is 524 g/mol. The quantitative estimate of drug-likeness (QED) is 0.487.